The third-order valence-electron chi connectivity index (χ3n) is 6.87. The lowest BCUT2D eigenvalue weighted by molar-refractivity contribution is -0.130. The number of aromatic nitrogens is 1. The second-order valence-electron chi connectivity index (χ2n) is 9.45. The van der Waals surface area contributed by atoms with Gasteiger partial charge in [-0.1, -0.05) is 106 Å². The van der Waals surface area contributed by atoms with Crippen LogP contribution < -0.4 is 0 Å². The van der Waals surface area contributed by atoms with Gasteiger partial charge in [0.2, 0.25) is 0 Å². The van der Waals surface area contributed by atoms with Gasteiger partial charge in [-0.2, -0.15) is 5.10 Å². The van der Waals surface area contributed by atoms with Crippen LogP contribution in [-0.4, -0.2) is 27.4 Å². The Morgan fingerprint density at radius 3 is 2.39 bits per heavy atom. The van der Waals surface area contributed by atoms with Crippen LogP contribution in [-0.2, 0) is 4.79 Å². The summed E-state index contributed by atoms with van der Waals surface area (Å²) in [6.45, 7) is 2.08. The van der Waals surface area contributed by atoms with Crippen molar-refractivity contribution in [2.24, 2.45) is 5.10 Å². The van der Waals surface area contributed by atoms with Gasteiger partial charge in [0.1, 0.15) is 0 Å². The standard InChI is InChI=1S/C32H26BrN3OS/c1-21-11-13-23(14-12-21)29-19-28(22-15-17-25(33)18-16-22)35-36(29)30(37)20-38-32-26-9-5-6-10-27(26)34-31(32)24-7-3-2-4-8-24/h2-18,29,34H,19-20H2,1H3. The van der Waals surface area contributed by atoms with E-state index in [1.54, 1.807) is 16.8 Å². The lowest BCUT2D eigenvalue weighted by atomic mass is 9.98. The normalized spacial score (nSPS) is 15.2. The smallest absolute Gasteiger partial charge is 0.253 e. The van der Waals surface area contributed by atoms with Crippen LogP contribution >= 0.6 is 27.7 Å². The fourth-order valence-corrected chi connectivity index (χ4v) is 6.19. The molecular formula is C32H26BrN3OS. The predicted octanol–water partition coefficient (Wildman–Crippen LogP) is 8.38. The average molecular weight is 581 g/mol. The number of nitrogens with zero attached hydrogens (tertiary/aromatic N) is 2. The predicted molar refractivity (Wildman–Crippen MR) is 161 cm³/mol. The Kier molecular flexibility index (Phi) is 6.92. The van der Waals surface area contributed by atoms with Crippen LogP contribution in [0.1, 0.15) is 29.2 Å². The fourth-order valence-electron chi connectivity index (χ4n) is 4.88. The minimum Gasteiger partial charge on any atom is -0.354 e. The number of hydrogen-bond acceptors (Lipinski definition) is 3. The molecule has 4 aromatic carbocycles. The summed E-state index contributed by atoms with van der Waals surface area (Å²) in [4.78, 5) is 18.4. The van der Waals surface area contributed by atoms with Crippen molar-refractivity contribution >= 4 is 50.2 Å². The average Bonchev–Trinajstić information content (AvgIpc) is 3.56. The van der Waals surface area contributed by atoms with E-state index in [0.29, 0.717) is 12.2 Å². The number of halogens is 1. The second-order valence-corrected chi connectivity index (χ2v) is 11.4. The van der Waals surface area contributed by atoms with E-state index in [9.17, 15) is 4.79 Å². The fraction of sp³-hybridized carbons (Fsp3) is 0.125. The SMILES string of the molecule is Cc1ccc(C2CC(c3ccc(Br)cc3)=NN2C(=O)CSc2c(-c3ccccc3)[nH]c3ccccc23)cc1. The molecule has 1 atom stereocenters. The van der Waals surface area contributed by atoms with Gasteiger partial charge in [0.25, 0.3) is 5.91 Å². The molecule has 5 aromatic rings. The number of carbonyl (C=O) groups is 1. The molecule has 1 unspecified atom stereocenters. The van der Waals surface area contributed by atoms with Crippen molar-refractivity contribution in [1.29, 1.82) is 0 Å². The van der Waals surface area contributed by atoms with Crippen LogP contribution in [0.2, 0.25) is 0 Å². The summed E-state index contributed by atoms with van der Waals surface area (Å²) in [7, 11) is 0. The van der Waals surface area contributed by atoms with Gasteiger partial charge in [-0.25, -0.2) is 5.01 Å². The molecule has 0 aliphatic carbocycles. The molecular weight excluding hydrogens is 554 g/mol. The highest BCUT2D eigenvalue weighted by atomic mass is 79.9. The number of rotatable bonds is 6. The Bertz CT molecular complexity index is 1630. The monoisotopic (exact) mass is 579 g/mol. The molecule has 6 heteroatoms. The van der Waals surface area contributed by atoms with Crippen molar-refractivity contribution in [1.82, 2.24) is 9.99 Å². The number of fused-ring (bicyclic) bond motifs is 1. The largest absolute Gasteiger partial charge is 0.354 e. The summed E-state index contributed by atoms with van der Waals surface area (Å²) in [6, 6.07) is 35.0. The van der Waals surface area contributed by atoms with E-state index >= 15 is 0 Å². The van der Waals surface area contributed by atoms with Gasteiger partial charge in [0.15, 0.2) is 0 Å². The summed E-state index contributed by atoms with van der Waals surface area (Å²) in [5.41, 5.74) is 7.47. The Labute approximate surface area is 234 Å². The first kappa shape index (κ1) is 24.7. The molecule has 1 amide bonds. The van der Waals surface area contributed by atoms with Crippen LogP contribution in [0, 0.1) is 6.92 Å². The maximum absolute atomic E-state index is 13.8. The number of hydrogen-bond donors (Lipinski definition) is 1. The number of thioether (sulfide) groups is 1. The summed E-state index contributed by atoms with van der Waals surface area (Å²) >= 11 is 5.09. The highest BCUT2D eigenvalue weighted by Gasteiger charge is 2.33. The van der Waals surface area contributed by atoms with Crippen molar-refractivity contribution in [3.63, 3.8) is 0 Å². The zero-order chi connectivity index (χ0) is 26.1. The number of nitrogens with one attached hydrogen (secondary N) is 1. The zero-order valence-corrected chi connectivity index (χ0v) is 23.3. The lowest BCUT2D eigenvalue weighted by Crippen LogP contribution is -2.28. The molecule has 0 bridgehead atoms. The van der Waals surface area contributed by atoms with Crippen molar-refractivity contribution in [2.75, 3.05) is 5.75 Å². The zero-order valence-electron chi connectivity index (χ0n) is 20.9. The number of amides is 1. The van der Waals surface area contributed by atoms with Crippen molar-refractivity contribution < 1.29 is 4.79 Å². The first-order chi connectivity index (χ1) is 18.6. The summed E-state index contributed by atoms with van der Waals surface area (Å²) in [5, 5.41) is 7.70. The molecule has 38 heavy (non-hydrogen) atoms. The Hall–Kier alpha value is -3.61. The summed E-state index contributed by atoms with van der Waals surface area (Å²) < 4.78 is 1.02. The van der Waals surface area contributed by atoms with E-state index in [1.807, 2.05) is 42.5 Å². The molecule has 188 valence electrons. The molecule has 0 fully saturated rings. The summed E-state index contributed by atoms with van der Waals surface area (Å²) in [5.74, 6) is 0.290. The van der Waals surface area contributed by atoms with E-state index < -0.39 is 0 Å². The highest BCUT2D eigenvalue weighted by Crippen LogP contribution is 2.39. The number of aromatic amines is 1. The third kappa shape index (κ3) is 4.94. The number of para-hydroxylation sites is 1. The molecule has 0 saturated carbocycles. The van der Waals surface area contributed by atoms with Crippen LogP contribution in [0.3, 0.4) is 0 Å². The first-order valence-electron chi connectivity index (χ1n) is 12.6. The Morgan fingerprint density at radius 2 is 1.63 bits per heavy atom. The molecule has 1 N–H and O–H groups in total. The number of H-pyrrole nitrogens is 1. The third-order valence-corrected chi connectivity index (χ3v) is 8.50. The quantitative estimate of drug-likeness (QED) is 0.205. The maximum atomic E-state index is 13.8. The van der Waals surface area contributed by atoms with Crippen LogP contribution in [0.15, 0.2) is 118 Å². The number of carbonyl (C=O) groups excluding carboxylic acids is 1. The number of benzene rings is 4. The van der Waals surface area contributed by atoms with Gasteiger partial charge in [0.05, 0.1) is 23.2 Å². The Morgan fingerprint density at radius 1 is 0.921 bits per heavy atom. The number of aryl methyl sites for hydroxylation is 1. The molecule has 1 aliphatic heterocycles. The highest BCUT2D eigenvalue weighted by molar-refractivity contribution is 9.10. The van der Waals surface area contributed by atoms with Gasteiger partial charge < -0.3 is 4.98 Å². The molecule has 1 aliphatic rings. The van der Waals surface area contributed by atoms with Crippen LogP contribution in [0.4, 0.5) is 0 Å². The second kappa shape index (κ2) is 10.6. The van der Waals surface area contributed by atoms with Gasteiger partial charge in [-0.15, -0.1) is 11.8 Å². The molecule has 4 nitrogen and oxygen atoms in total. The van der Waals surface area contributed by atoms with Crippen molar-refractivity contribution in [2.45, 2.75) is 24.3 Å². The Balaban J connectivity index is 1.31. The topological polar surface area (TPSA) is 48.5 Å². The summed E-state index contributed by atoms with van der Waals surface area (Å²) in [6.07, 6.45) is 0.684. The molecule has 0 saturated heterocycles. The minimum atomic E-state index is -0.126. The first-order valence-corrected chi connectivity index (χ1v) is 14.4. The van der Waals surface area contributed by atoms with E-state index in [1.165, 1.54) is 5.56 Å². The molecule has 2 heterocycles. The van der Waals surface area contributed by atoms with Crippen LogP contribution in [0.25, 0.3) is 22.2 Å². The molecule has 1 aromatic heterocycles. The van der Waals surface area contributed by atoms with E-state index in [-0.39, 0.29) is 11.9 Å². The van der Waals surface area contributed by atoms with Crippen molar-refractivity contribution in [3.05, 3.63) is 124 Å². The van der Waals surface area contributed by atoms with E-state index in [2.05, 4.69) is 88.5 Å². The number of hydrazone groups is 1. The van der Waals surface area contributed by atoms with Gasteiger partial charge in [0, 0.05) is 26.7 Å². The van der Waals surface area contributed by atoms with Gasteiger partial charge in [-0.3, -0.25) is 4.79 Å². The van der Waals surface area contributed by atoms with E-state index in [4.69, 9.17) is 5.10 Å². The molecule has 0 spiro atoms. The molecule has 0 radical (unpaired) electrons. The van der Waals surface area contributed by atoms with E-state index in [0.717, 1.165) is 48.4 Å². The lowest BCUT2D eigenvalue weighted by Gasteiger charge is -2.22. The van der Waals surface area contributed by atoms with Gasteiger partial charge in [-0.05, 0) is 41.8 Å². The van der Waals surface area contributed by atoms with Gasteiger partial charge >= 0.3 is 0 Å². The maximum Gasteiger partial charge on any atom is 0.253 e. The minimum absolute atomic E-state index is 0.00280. The van der Waals surface area contributed by atoms with Crippen molar-refractivity contribution in [3.8, 4) is 11.3 Å². The van der Waals surface area contributed by atoms with Crippen LogP contribution in [0.5, 0.6) is 0 Å². The molecule has 6 rings (SSSR count).